The number of hydrogen-bond acceptors (Lipinski definition) is 1. The van der Waals surface area contributed by atoms with Gasteiger partial charge in [0.15, 0.2) is 0 Å². The smallest absolute Gasteiger partial charge is 0.126 e. The second-order valence-corrected chi connectivity index (χ2v) is 3.48. The third kappa shape index (κ3) is 2.81. The number of halogens is 1. The monoisotopic (exact) mass is 181 g/mol. The molecule has 0 saturated carbocycles. The van der Waals surface area contributed by atoms with E-state index in [1.807, 2.05) is 19.2 Å². The third-order valence-electron chi connectivity index (χ3n) is 2.26. The zero-order chi connectivity index (χ0) is 9.84. The van der Waals surface area contributed by atoms with Gasteiger partial charge in [0, 0.05) is 6.04 Å². The predicted molar refractivity (Wildman–Crippen MR) is 53.4 cm³/mol. The van der Waals surface area contributed by atoms with Gasteiger partial charge in [-0.3, -0.25) is 0 Å². The average Bonchev–Trinajstić information content (AvgIpc) is 2.11. The second-order valence-electron chi connectivity index (χ2n) is 3.48. The first kappa shape index (κ1) is 10.2. The molecule has 2 heteroatoms. The van der Waals surface area contributed by atoms with E-state index in [4.69, 9.17) is 0 Å². The molecule has 0 fully saturated rings. The van der Waals surface area contributed by atoms with Gasteiger partial charge >= 0.3 is 0 Å². The Hall–Kier alpha value is -0.890. The lowest BCUT2D eigenvalue weighted by atomic mass is 10.0. The summed E-state index contributed by atoms with van der Waals surface area (Å²) in [6.07, 6.45) is 0.942. The standard InChI is InChI=1S/C11H16FN/c1-8-6-10(4-5-11(8)12)7-9(2)13-3/h4-6,9,13H,7H2,1-3H3. The van der Waals surface area contributed by atoms with Crippen molar-refractivity contribution < 1.29 is 4.39 Å². The molecule has 0 aliphatic rings. The van der Waals surface area contributed by atoms with Crippen LogP contribution in [0, 0.1) is 12.7 Å². The first-order valence-electron chi connectivity index (χ1n) is 4.55. The summed E-state index contributed by atoms with van der Waals surface area (Å²) in [5, 5.41) is 3.15. The average molecular weight is 181 g/mol. The molecule has 72 valence electrons. The van der Waals surface area contributed by atoms with Gasteiger partial charge in [-0.1, -0.05) is 12.1 Å². The maximum absolute atomic E-state index is 12.9. The van der Waals surface area contributed by atoms with E-state index in [1.165, 1.54) is 11.6 Å². The van der Waals surface area contributed by atoms with Crippen molar-refractivity contribution in [3.05, 3.63) is 35.1 Å². The fourth-order valence-corrected chi connectivity index (χ4v) is 1.29. The fourth-order valence-electron chi connectivity index (χ4n) is 1.29. The summed E-state index contributed by atoms with van der Waals surface area (Å²) in [4.78, 5) is 0. The minimum atomic E-state index is -0.124. The molecule has 0 spiro atoms. The number of nitrogens with one attached hydrogen (secondary N) is 1. The van der Waals surface area contributed by atoms with E-state index >= 15 is 0 Å². The molecule has 0 aromatic heterocycles. The summed E-state index contributed by atoms with van der Waals surface area (Å²) in [7, 11) is 1.93. The first-order valence-corrected chi connectivity index (χ1v) is 4.55. The molecule has 13 heavy (non-hydrogen) atoms. The van der Waals surface area contributed by atoms with Crippen molar-refractivity contribution in [1.29, 1.82) is 0 Å². The molecule has 1 rings (SSSR count). The van der Waals surface area contributed by atoms with Gasteiger partial charge in [0.2, 0.25) is 0 Å². The van der Waals surface area contributed by atoms with Gasteiger partial charge in [-0.2, -0.15) is 0 Å². The van der Waals surface area contributed by atoms with Crippen LogP contribution in [-0.2, 0) is 6.42 Å². The Bertz CT molecular complexity index is 283. The Kier molecular flexibility index (Phi) is 3.43. The highest BCUT2D eigenvalue weighted by Crippen LogP contribution is 2.10. The van der Waals surface area contributed by atoms with E-state index in [-0.39, 0.29) is 5.82 Å². The lowest BCUT2D eigenvalue weighted by Crippen LogP contribution is -2.23. The van der Waals surface area contributed by atoms with Crippen LogP contribution in [0.1, 0.15) is 18.1 Å². The molecular formula is C11H16FN. The summed E-state index contributed by atoms with van der Waals surface area (Å²) in [6, 6.07) is 5.72. The molecule has 1 aromatic rings. The SMILES string of the molecule is CNC(C)Cc1ccc(F)c(C)c1. The van der Waals surface area contributed by atoms with Crippen LogP contribution in [-0.4, -0.2) is 13.1 Å². The van der Waals surface area contributed by atoms with Crippen LogP contribution in [0.5, 0.6) is 0 Å². The highest BCUT2D eigenvalue weighted by Gasteiger charge is 2.02. The van der Waals surface area contributed by atoms with Gasteiger partial charge < -0.3 is 5.32 Å². The number of likely N-dealkylation sites (N-methyl/N-ethyl adjacent to an activating group) is 1. The molecule has 0 amide bonds. The summed E-state index contributed by atoms with van der Waals surface area (Å²) in [6.45, 7) is 3.90. The minimum absolute atomic E-state index is 0.124. The molecule has 1 aromatic carbocycles. The van der Waals surface area contributed by atoms with E-state index < -0.39 is 0 Å². The highest BCUT2D eigenvalue weighted by molar-refractivity contribution is 5.24. The Labute approximate surface area is 79.0 Å². The molecule has 0 saturated heterocycles. The summed E-state index contributed by atoms with van der Waals surface area (Å²) < 4.78 is 12.9. The molecule has 0 heterocycles. The van der Waals surface area contributed by atoms with Gasteiger partial charge in [0.25, 0.3) is 0 Å². The molecule has 1 nitrogen and oxygen atoms in total. The lowest BCUT2D eigenvalue weighted by molar-refractivity contribution is 0.600. The first-order chi connectivity index (χ1) is 6.13. The maximum Gasteiger partial charge on any atom is 0.126 e. The highest BCUT2D eigenvalue weighted by atomic mass is 19.1. The Morgan fingerprint density at radius 1 is 1.46 bits per heavy atom. The summed E-state index contributed by atoms with van der Waals surface area (Å²) in [5.74, 6) is -0.124. The van der Waals surface area contributed by atoms with Crippen LogP contribution in [0.25, 0.3) is 0 Å². The number of benzene rings is 1. The largest absolute Gasteiger partial charge is 0.317 e. The van der Waals surface area contributed by atoms with E-state index in [1.54, 1.807) is 6.92 Å². The number of hydrogen-bond donors (Lipinski definition) is 1. The molecule has 0 radical (unpaired) electrons. The lowest BCUT2D eigenvalue weighted by Gasteiger charge is -2.10. The van der Waals surface area contributed by atoms with Crippen LogP contribution in [0.4, 0.5) is 4.39 Å². The van der Waals surface area contributed by atoms with Crippen LogP contribution >= 0.6 is 0 Å². The number of rotatable bonds is 3. The van der Waals surface area contributed by atoms with Crippen molar-refractivity contribution in [1.82, 2.24) is 5.32 Å². The zero-order valence-electron chi connectivity index (χ0n) is 8.39. The van der Waals surface area contributed by atoms with E-state index in [9.17, 15) is 4.39 Å². The summed E-state index contributed by atoms with van der Waals surface area (Å²) >= 11 is 0. The van der Waals surface area contributed by atoms with Gasteiger partial charge in [-0.25, -0.2) is 4.39 Å². The predicted octanol–water partition coefficient (Wildman–Crippen LogP) is 2.28. The minimum Gasteiger partial charge on any atom is -0.317 e. The van der Waals surface area contributed by atoms with Gasteiger partial charge in [0.05, 0.1) is 0 Å². The van der Waals surface area contributed by atoms with Gasteiger partial charge in [0.1, 0.15) is 5.82 Å². The normalized spacial score (nSPS) is 12.9. The van der Waals surface area contributed by atoms with Crippen LogP contribution < -0.4 is 5.32 Å². The quantitative estimate of drug-likeness (QED) is 0.754. The second kappa shape index (κ2) is 4.38. The molecular weight excluding hydrogens is 165 g/mol. The maximum atomic E-state index is 12.9. The van der Waals surface area contributed by atoms with Crippen molar-refractivity contribution in [2.75, 3.05) is 7.05 Å². The Morgan fingerprint density at radius 3 is 2.69 bits per heavy atom. The van der Waals surface area contributed by atoms with Crippen LogP contribution in [0.2, 0.25) is 0 Å². The molecule has 1 N–H and O–H groups in total. The summed E-state index contributed by atoms with van der Waals surface area (Å²) in [5.41, 5.74) is 1.90. The van der Waals surface area contributed by atoms with E-state index in [2.05, 4.69) is 12.2 Å². The molecule has 1 unspecified atom stereocenters. The van der Waals surface area contributed by atoms with Crippen molar-refractivity contribution >= 4 is 0 Å². The van der Waals surface area contributed by atoms with Crippen molar-refractivity contribution in [2.45, 2.75) is 26.3 Å². The van der Waals surface area contributed by atoms with Crippen LogP contribution in [0.3, 0.4) is 0 Å². The van der Waals surface area contributed by atoms with Crippen molar-refractivity contribution in [3.63, 3.8) is 0 Å². The van der Waals surface area contributed by atoms with Crippen molar-refractivity contribution in [3.8, 4) is 0 Å². The van der Waals surface area contributed by atoms with E-state index in [0.717, 1.165) is 12.0 Å². The van der Waals surface area contributed by atoms with Gasteiger partial charge in [-0.15, -0.1) is 0 Å². The Balaban J connectivity index is 2.73. The van der Waals surface area contributed by atoms with E-state index in [0.29, 0.717) is 6.04 Å². The molecule has 1 atom stereocenters. The zero-order valence-corrected chi connectivity index (χ0v) is 8.39. The number of aryl methyl sites for hydroxylation is 1. The van der Waals surface area contributed by atoms with Crippen molar-refractivity contribution in [2.24, 2.45) is 0 Å². The topological polar surface area (TPSA) is 12.0 Å². The third-order valence-corrected chi connectivity index (χ3v) is 2.26. The fraction of sp³-hybridized carbons (Fsp3) is 0.455. The molecule has 0 aliphatic heterocycles. The van der Waals surface area contributed by atoms with Gasteiger partial charge in [-0.05, 0) is 44.5 Å². The van der Waals surface area contributed by atoms with Crippen LogP contribution in [0.15, 0.2) is 18.2 Å². The molecule has 0 aliphatic carbocycles. The Morgan fingerprint density at radius 2 is 2.15 bits per heavy atom. The molecule has 0 bridgehead atoms.